The zero-order valence-corrected chi connectivity index (χ0v) is 29.5. The van der Waals surface area contributed by atoms with Gasteiger partial charge in [0.1, 0.15) is 18.2 Å². The summed E-state index contributed by atoms with van der Waals surface area (Å²) in [4.78, 5) is 37.4. The maximum absolute atomic E-state index is 12.5. The number of nitrogens with zero attached hydrogens (tertiary/aromatic N) is 4. The largest absolute Gasteiger partial charge is 0.476 e. The number of hydrogen-bond donors (Lipinski definition) is 3. The number of thioether (sulfide) groups is 1. The van der Waals surface area contributed by atoms with Gasteiger partial charge in [0.2, 0.25) is 11.8 Å². The molecule has 44 heavy (non-hydrogen) atoms. The number of carbonyl (C=O) groups excluding carboxylic acids is 2. The van der Waals surface area contributed by atoms with Gasteiger partial charge < -0.3 is 34.1 Å². The minimum Gasteiger partial charge on any atom is -0.476 e. The topological polar surface area (TPSA) is 182 Å². The van der Waals surface area contributed by atoms with Gasteiger partial charge in [-0.15, -0.1) is 0 Å². The van der Waals surface area contributed by atoms with Gasteiger partial charge in [0.15, 0.2) is 26.8 Å². The van der Waals surface area contributed by atoms with Crippen LogP contribution < -0.4 is 15.6 Å². The molecule has 1 saturated heterocycles. The molecular formula is C25H39Cl2N6O8PS2. The van der Waals surface area contributed by atoms with Crippen molar-refractivity contribution in [2.75, 3.05) is 31.3 Å². The lowest BCUT2D eigenvalue weighted by Crippen LogP contribution is -2.39. The number of nitrogens with two attached hydrogens (primary N) is 1. The Balaban J connectivity index is 1.78. The van der Waals surface area contributed by atoms with Crippen LogP contribution >= 0.6 is 41.6 Å². The first-order valence-electron chi connectivity index (χ1n) is 13.8. The molecule has 0 aliphatic carbocycles. The summed E-state index contributed by atoms with van der Waals surface area (Å²) in [6, 6.07) is -0.892. The van der Waals surface area contributed by atoms with Crippen molar-refractivity contribution in [3.63, 3.8) is 0 Å². The highest BCUT2D eigenvalue weighted by Crippen LogP contribution is 2.50. The molecule has 1 unspecified atom stereocenters. The fourth-order valence-electron chi connectivity index (χ4n) is 3.84. The van der Waals surface area contributed by atoms with Gasteiger partial charge in [-0.05, 0) is 39.5 Å². The minimum atomic E-state index is -3.43. The Morgan fingerprint density at radius 1 is 1.30 bits per heavy atom. The number of aromatic nitrogens is 4. The van der Waals surface area contributed by atoms with E-state index >= 15 is 0 Å². The molecule has 248 valence electrons. The van der Waals surface area contributed by atoms with Gasteiger partial charge in [0.25, 0.3) is 6.64 Å². The van der Waals surface area contributed by atoms with Crippen molar-refractivity contribution >= 4 is 81.6 Å². The Morgan fingerprint density at radius 3 is 2.59 bits per heavy atom. The van der Waals surface area contributed by atoms with E-state index in [-0.39, 0.29) is 41.9 Å². The van der Waals surface area contributed by atoms with E-state index in [9.17, 15) is 14.7 Å². The summed E-state index contributed by atoms with van der Waals surface area (Å²) >= 11 is 20.1. The van der Waals surface area contributed by atoms with Crippen LogP contribution in [0.3, 0.4) is 0 Å². The van der Waals surface area contributed by atoms with Gasteiger partial charge >= 0.3 is 5.97 Å². The Kier molecular flexibility index (Phi) is 12.7. The molecule has 3 heterocycles. The molecule has 4 N–H and O–H groups in total. The van der Waals surface area contributed by atoms with Gasteiger partial charge in [-0.3, -0.25) is 14.2 Å². The van der Waals surface area contributed by atoms with Crippen LogP contribution in [0.1, 0.15) is 54.7 Å². The van der Waals surface area contributed by atoms with Crippen LogP contribution in [0, 0.1) is 5.41 Å². The zero-order chi connectivity index (χ0) is 33.0. The second-order valence-electron chi connectivity index (χ2n) is 11.1. The maximum atomic E-state index is 12.5. The number of imidazole rings is 1. The number of alkyl halides is 2. The molecule has 2 aromatic rings. The first kappa shape index (κ1) is 37.1. The third-order valence-electron chi connectivity index (χ3n) is 5.98. The van der Waals surface area contributed by atoms with E-state index in [1.807, 2.05) is 20.8 Å². The van der Waals surface area contributed by atoms with E-state index in [4.69, 9.17) is 64.0 Å². The smallest absolute Gasteiger partial charge is 0.323 e. The quantitative estimate of drug-likeness (QED) is 0.111. The number of ether oxygens (including phenoxy) is 3. The van der Waals surface area contributed by atoms with Crippen molar-refractivity contribution in [2.45, 2.75) is 83.4 Å². The number of anilines is 1. The summed E-state index contributed by atoms with van der Waals surface area (Å²) < 4.78 is 28.3. The number of nitrogen functional groups attached to an aromatic ring is 1. The van der Waals surface area contributed by atoms with Crippen LogP contribution in [0.15, 0.2) is 6.33 Å². The predicted molar refractivity (Wildman–Crippen MR) is 172 cm³/mol. The fourth-order valence-corrected chi connectivity index (χ4v) is 7.70. The van der Waals surface area contributed by atoms with E-state index in [2.05, 4.69) is 20.0 Å². The summed E-state index contributed by atoms with van der Waals surface area (Å²) in [5.74, 6) is -0.175. The van der Waals surface area contributed by atoms with E-state index in [0.29, 0.717) is 17.9 Å². The minimum absolute atomic E-state index is 0.0151. The van der Waals surface area contributed by atoms with Crippen molar-refractivity contribution < 1.29 is 38.0 Å². The summed E-state index contributed by atoms with van der Waals surface area (Å²) in [5, 5.41) is 14.0. The monoisotopic (exact) mass is 716 g/mol. The lowest BCUT2D eigenvalue weighted by molar-refractivity contribution is -0.149. The predicted octanol–water partition coefficient (Wildman–Crippen LogP) is 3.73. The van der Waals surface area contributed by atoms with E-state index in [0.717, 1.165) is 11.8 Å². The summed E-state index contributed by atoms with van der Waals surface area (Å²) in [5.41, 5.74) is 5.86. The van der Waals surface area contributed by atoms with E-state index in [1.54, 1.807) is 27.7 Å². The molecule has 2 aromatic heterocycles. The molecule has 5 atom stereocenters. The highest BCUT2D eigenvalue weighted by Gasteiger charge is 2.56. The van der Waals surface area contributed by atoms with Gasteiger partial charge in [-0.2, -0.15) is 9.97 Å². The molecule has 19 heteroatoms. The number of nitrogens with one attached hydrogen (secondary N) is 1. The number of aliphatic hydroxyl groups excluding tert-OH is 1. The molecule has 14 nitrogen and oxygen atoms in total. The highest BCUT2D eigenvalue weighted by molar-refractivity contribution is 8.13. The lowest BCUT2D eigenvalue weighted by atomic mass is 10.00. The lowest BCUT2D eigenvalue weighted by Gasteiger charge is -2.28. The van der Waals surface area contributed by atoms with Crippen molar-refractivity contribution in [3.05, 3.63) is 6.33 Å². The zero-order valence-electron chi connectivity index (χ0n) is 25.5. The van der Waals surface area contributed by atoms with Crippen LogP contribution in [0.2, 0.25) is 0 Å². The molecule has 0 spiro atoms. The van der Waals surface area contributed by atoms with E-state index in [1.165, 1.54) is 10.9 Å². The van der Waals surface area contributed by atoms with Gasteiger partial charge in [0, 0.05) is 11.2 Å². The highest BCUT2D eigenvalue weighted by atomic mass is 35.5. The number of rotatable bonds is 14. The first-order valence-corrected chi connectivity index (χ1v) is 18.2. The normalized spacial score (nSPS) is 22.2. The van der Waals surface area contributed by atoms with Crippen LogP contribution in [-0.2, 0) is 39.9 Å². The average molecular weight is 718 g/mol. The van der Waals surface area contributed by atoms with Gasteiger partial charge in [-0.25, -0.2) is 10.1 Å². The molecule has 1 aliphatic rings. The molecule has 1 fully saturated rings. The second-order valence-corrected chi connectivity index (χ2v) is 16.9. The molecule has 0 radical (unpaired) electrons. The van der Waals surface area contributed by atoms with Crippen molar-refractivity contribution in [2.24, 2.45) is 5.41 Å². The van der Waals surface area contributed by atoms with Crippen LogP contribution in [0.25, 0.3) is 11.2 Å². The number of fused-ring (bicyclic) bond motifs is 1. The van der Waals surface area contributed by atoms with Crippen molar-refractivity contribution in [3.8, 4) is 5.88 Å². The van der Waals surface area contributed by atoms with Crippen molar-refractivity contribution in [1.82, 2.24) is 24.6 Å². The second kappa shape index (κ2) is 15.1. The summed E-state index contributed by atoms with van der Waals surface area (Å²) in [7, 11) is 0. The Hall–Kier alpha value is -1.33. The molecule has 0 amide bonds. The number of carbonyl (C=O) groups is 2. The summed E-state index contributed by atoms with van der Waals surface area (Å²) in [6.07, 6.45) is -2.73. The third-order valence-corrected chi connectivity index (χ3v) is 10.7. The van der Waals surface area contributed by atoms with Gasteiger partial charge in [0.05, 0.1) is 32.3 Å². The maximum Gasteiger partial charge on any atom is 0.323 e. The van der Waals surface area contributed by atoms with Crippen LogP contribution in [-0.4, -0.2) is 90.0 Å². The van der Waals surface area contributed by atoms with Crippen LogP contribution in [0.4, 0.5) is 5.95 Å². The Morgan fingerprint density at radius 2 is 1.98 bits per heavy atom. The number of halogens is 2. The molecule has 3 rings (SSSR count). The number of esters is 1. The van der Waals surface area contributed by atoms with E-state index < -0.39 is 46.8 Å². The standard InChI is InChI=1S/C25H39Cl2N6O8PS2/c1-8-37-19-16-18(30-23(28)31-19)33(12-29-16)21-25(26,27)17(34)15(41-21)11-39-42(43,32-14(4)20(35)40-13(2)3)38-9-10-44-22(36)24(5,6)7/h12-15,17,21,34H,8-11H2,1-7H3,(H,32,43)(H2,28,30,31)/t14-,15+,17+,21+,42?/m0/s1. The number of hydrogen-bond acceptors (Lipinski definition) is 14. The Labute approximate surface area is 275 Å². The van der Waals surface area contributed by atoms with Gasteiger partial charge in [-0.1, -0.05) is 55.7 Å². The molecular weight excluding hydrogens is 678 g/mol. The summed E-state index contributed by atoms with van der Waals surface area (Å²) in [6.45, 7) is 8.85. The first-order chi connectivity index (χ1) is 20.4. The molecule has 0 aromatic carbocycles. The number of aliphatic hydroxyl groups is 1. The molecule has 1 aliphatic heterocycles. The van der Waals surface area contributed by atoms with Crippen molar-refractivity contribution in [1.29, 1.82) is 0 Å². The average Bonchev–Trinajstić information content (AvgIpc) is 3.42. The van der Waals surface area contributed by atoms with Crippen LogP contribution in [0.5, 0.6) is 5.88 Å². The Bertz CT molecular complexity index is 1380. The molecule has 0 bridgehead atoms. The fraction of sp³-hybridized carbons (Fsp3) is 0.720. The molecule has 0 saturated carbocycles. The third kappa shape index (κ3) is 9.14. The SMILES string of the molecule is CCOc1nc(N)nc2c1ncn2[C@@H]1O[C@H](COP(=S)(N[C@@H](C)C(=O)OC(C)C)OCCSC(=O)C(C)(C)C)[C@@H](O)C1(Cl)Cl.